The van der Waals surface area contributed by atoms with Crippen LogP contribution in [0.1, 0.15) is 50.9 Å². The maximum absolute atomic E-state index is 11.6. The summed E-state index contributed by atoms with van der Waals surface area (Å²) in [6, 6.07) is 1.45. The van der Waals surface area contributed by atoms with Crippen molar-refractivity contribution < 1.29 is 9.90 Å². The van der Waals surface area contributed by atoms with Gasteiger partial charge in [-0.05, 0) is 37.7 Å². The van der Waals surface area contributed by atoms with Crippen molar-refractivity contribution in [3.63, 3.8) is 0 Å². The number of carboxylic acid groups (broad SMARTS) is 1. The van der Waals surface area contributed by atoms with Crippen LogP contribution in [0.5, 0.6) is 0 Å². The Bertz CT molecular complexity index is 502. The number of hydrogen-bond donors (Lipinski definition) is 1. The molecule has 5 nitrogen and oxygen atoms in total. The molecule has 110 valence electrons. The third-order valence-electron chi connectivity index (χ3n) is 3.90. The summed E-state index contributed by atoms with van der Waals surface area (Å²) in [4.78, 5) is 22.4. The second kappa shape index (κ2) is 5.77. The number of piperidine rings is 1. The molecule has 1 aromatic rings. The van der Waals surface area contributed by atoms with Crippen LogP contribution in [-0.2, 0) is 4.79 Å². The fourth-order valence-corrected chi connectivity index (χ4v) is 2.79. The minimum Gasteiger partial charge on any atom is -0.480 e. The summed E-state index contributed by atoms with van der Waals surface area (Å²) in [5, 5.41) is 9.49. The van der Waals surface area contributed by atoms with Gasteiger partial charge in [0.25, 0.3) is 0 Å². The van der Waals surface area contributed by atoms with Gasteiger partial charge in [0.05, 0.1) is 0 Å². The number of carboxylic acids is 1. The zero-order chi connectivity index (χ0) is 14.9. The van der Waals surface area contributed by atoms with E-state index in [1.54, 1.807) is 0 Å². The Morgan fingerprint density at radius 3 is 2.75 bits per heavy atom. The van der Waals surface area contributed by atoms with Gasteiger partial charge in [-0.25, -0.2) is 14.8 Å². The first-order valence-corrected chi connectivity index (χ1v) is 7.25. The lowest BCUT2D eigenvalue weighted by Crippen LogP contribution is -2.50. The van der Waals surface area contributed by atoms with Gasteiger partial charge in [0.1, 0.15) is 6.04 Å². The Balaban J connectivity index is 2.40. The lowest BCUT2D eigenvalue weighted by Gasteiger charge is -2.37. The second-order valence-corrected chi connectivity index (χ2v) is 5.98. The average Bonchev–Trinajstić information content (AvgIpc) is 2.37. The van der Waals surface area contributed by atoms with Crippen LogP contribution in [0.15, 0.2) is 6.07 Å². The standard InChI is InChI=1S/C15H23N3O2/c1-9(2)12-8-11(4)16-15(17-12)18-7-5-6-10(3)13(18)14(19)20/h8-10,13H,5-7H2,1-4H3,(H,19,20). The molecule has 0 aliphatic carbocycles. The first kappa shape index (κ1) is 14.8. The summed E-state index contributed by atoms with van der Waals surface area (Å²) in [7, 11) is 0. The fourth-order valence-electron chi connectivity index (χ4n) is 2.79. The number of rotatable bonds is 3. The third-order valence-corrected chi connectivity index (χ3v) is 3.90. The van der Waals surface area contributed by atoms with Gasteiger partial charge in [0.15, 0.2) is 0 Å². The maximum Gasteiger partial charge on any atom is 0.326 e. The van der Waals surface area contributed by atoms with Crippen LogP contribution in [0.2, 0.25) is 0 Å². The molecule has 1 saturated heterocycles. The van der Waals surface area contributed by atoms with E-state index in [0.29, 0.717) is 18.4 Å². The van der Waals surface area contributed by atoms with Gasteiger partial charge in [0, 0.05) is 17.9 Å². The zero-order valence-electron chi connectivity index (χ0n) is 12.6. The first-order chi connectivity index (χ1) is 9.40. The topological polar surface area (TPSA) is 66.3 Å². The van der Waals surface area contributed by atoms with E-state index in [4.69, 9.17) is 0 Å². The predicted molar refractivity (Wildman–Crippen MR) is 78.0 cm³/mol. The zero-order valence-corrected chi connectivity index (χ0v) is 12.6. The molecule has 0 saturated carbocycles. The Morgan fingerprint density at radius 2 is 2.15 bits per heavy atom. The molecule has 2 unspecified atom stereocenters. The van der Waals surface area contributed by atoms with E-state index in [9.17, 15) is 9.90 Å². The Hall–Kier alpha value is -1.65. The van der Waals surface area contributed by atoms with E-state index in [2.05, 4.69) is 23.8 Å². The van der Waals surface area contributed by atoms with Crippen LogP contribution >= 0.6 is 0 Å². The fraction of sp³-hybridized carbons (Fsp3) is 0.667. The molecule has 0 bridgehead atoms. The molecule has 0 aromatic carbocycles. The van der Waals surface area contributed by atoms with E-state index < -0.39 is 12.0 Å². The van der Waals surface area contributed by atoms with Crippen LogP contribution in [0.25, 0.3) is 0 Å². The molecule has 2 heterocycles. The van der Waals surface area contributed by atoms with E-state index in [-0.39, 0.29) is 5.92 Å². The summed E-state index contributed by atoms with van der Waals surface area (Å²) in [6.07, 6.45) is 1.93. The molecule has 0 amide bonds. The SMILES string of the molecule is Cc1cc(C(C)C)nc(N2CCCC(C)C2C(=O)O)n1. The Labute approximate surface area is 120 Å². The molecule has 1 aliphatic heterocycles. The van der Waals surface area contributed by atoms with E-state index >= 15 is 0 Å². The highest BCUT2D eigenvalue weighted by molar-refractivity contribution is 5.78. The van der Waals surface area contributed by atoms with E-state index in [0.717, 1.165) is 24.2 Å². The normalized spacial score (nSPS) is 23.1. The van der Waals surface area contributed by atoms with Crippen LogP contribution in [-0.4, -0.2) is 33.6 Å². The number of aromatic nitrogens is 2. The molecular weight excluding hydrogens is 254 g/mol. The van der Waals surface area contributed by atoms with Gasteiger partial charge < -0.3 is 10.0 Å². The highest BCUT2D eigenvalue weighted by Gasteiger charge is 2.35. The van der Waals surface area contributed by atoms with Gasteiger partial charge >= 0.3 is 5.97 Å². The van der Waals surface area contributed by atoms with Gasteiger partial charge in [0.2, 0.25) is 5.95 Å². The number of anilines is 1. The van der Waals surface area contributed by atoms with Crippen molar-refractivity contribution in [2.45, 2.75) is 52.5 Å². The molecule has 1 N–H and O–H groups in total. The molecule has 1 fully saturated rings. The molecule has 2 rings (SSSR count). The Morgan fingerprint density at radius 1 is 1.45 bits per heavy atom. The van der Waals surface area contributed by atoms with E-state index in [1.807, 2.05) is 24.8 Å². The summed E-state index contributed by atoms with van der Waals surface area (Å²) in [6.45, 7) is 8.80. The third kappa shape index (κ3) is 2.92. The highest BCUT2D eigenvalue weighted by atomic mass is 16.4. The molecule has 1 aliphatic rings. The highest BCUT2D eigenvalue weighted by Crippen LogP contribution is 2.28. The minimum atomic E-state index is -0.784. The van der Waals surface area contributed by atoms with Gasteiger partial charge in [-0.3, -0.25) is 0 Å². The van der Waals surface area contributed by atoms with Crippen molar-refractivity contribution in [1.29, 1.82) is 0 Å². The van der Waals surface area contributed by atoms with Crippen molar-refractivity contribution in [2.75, 3.05) is 11.4 Å². The van der Waals surface area contributed by atoms with E-state index in [1.165, 1.54) is 0 Å². The summed E-state index contributed by atoms with van der Waals surface area (Å²) in [5.41, 5.74) is 1.86. The average molecular weight is 277 g/mol. The molecule has 1 aromatic heterocycles. The van der Waals surface area contributed by atoms with Gasteiger partial charge in [-0.1, -0.05) is 20.8 Å². The molecule has 0 radical (unpaired) electrons. The molecule has 20 heavy (non-hydrogen) atoms. The summed E-state index contributed by atoms with van der Waals surface area (Å²) < 4.78 is 0. The number of aryl methyl sites for hydroxylation is 1. The molecular formula is C15H23N3O2. The quantitative estimate of drug-likeness (QED) is 0.920. The molecule has 2 atom stereocenters. The summed E-state index contributed by atoms with van der Waals surface area (Å²) >= 11 is 0. The van der Waals surface area contributed by atoms with Crippen LogP contribution in [0.4, 0.5) is 5.95 Å². The van der Waals surface area contributed by atoms with Crippen molar-refractivity contribution >= 4 is 11.9 Å². The lowest BCUT2D eigenvalue weighted by molar-refractivity contribution is -0.140. The van der Waals surface area contributed by atoms with Crippen LogP contribution in [0, 0.1) is 12.8 Å². The van der Waals surface area contributed by atoms with Crippen molar-refractivity contribution in [1.82, 2.24) is 9.97 Å². The predicted octanol–water partition coefficient (Wildman–Crippen LogP) is 2.60. The number of carbonyl (C=O) groups is 1. The van der Waals surface area contributed by atoms with Crippen LogP contribution < -0.4 is 4.90 Å². The minimum absolute atomic E-state index is 0.118. The van der Waals surface area contributed by atoms with Gasteiger partial charge in [-0.15, -0.1) is 0 Å². The number of nitrogens with zero attached hydrogens (tertiary/aromatic N) is 3. The molecule has 5 heteroatoms. The summed E-state index contributed by atoms with van der Waals surface area (Å²) in [5.74, 6) is 0.204. The second-order valence-electron chi connectivity index (χ2n) is 5.98. The van der Waals surface area contributed by atoms with Crippen molar-refractivity contribution in [3.8, 4) is 0 Å². The first-order valence-electron chi connectivity index (χ1n) is 7.25. The van der Waals surface area contributed by atoms with Crippen molar-refractivity contribution in [3.05, 3.63) is 17.5 Å². The number of aliphatic carboxylic acids is 1. The monoisotopic (exact) mass is 277 g/mol. The molecule has 0 spiro atoms. The lowest BCUT2D eigenvalue weighted by atomic mass is 9.91. The maximum atomic E-state index is 11.6. The Kier molecular flexibility index (Phi) is 4.26. The smallest absolute Gasteiger partial charge is 0.326 e. The number of hydrogen-bond acceptors (Lipinski definition) is 4. The van der Waals surface area contributed by atoms with Crippen molar-refractivity contribution in [2.24, 2.45) is 5.92 Å². The van der Waals surface area contributed by atoms with Gasteiger partial charge in [-0.2, -0.15) is 0 Å². The largest absolute Gasteiger partial charge is 0.480 e. The van der Waals surface area contributed by atoms with Crippen LogP contribution in [0.3, 0.4) is 0 Å².